The number of aryl methyl sites for hydroxylation is 1. The van der Waals surface area contributed by atoms with Crippen LogP contribution in [0.5, 0.6) is 0 Å². The molecule has 0 spiro atoms. The Bertz CT molecular complexity index is 2330. The summed E-state index contributed by atoms with van der Waals surface area (Å²) in [5, 5.41) is 0. The molecule has 6 rings (SSSR count). The summed E-state index contributed by atoms with van der Waals surface area (Å²) >= 11 is 0. The quantitative estimate of drug-likeness (QED) is 0.108. The number of hydrogen-bond acceptors (Lipinski definition) is 2. The number of alkyl halides is 7. The molecule has 0 fully saturated rings. The molecule has 1 aliphatic rings. The molecule has 57 heavy (non-hydrogen) atoms. The van der Waals surface area contributed by atoms with Gasteiger partial charge in [-0.25, -0.2) is 4.99 Å². The van der Waals surface area contributed by atoms with Crippen molar-refractivity contribution in [2.24, 2.45) is 4.99 Å². The molecular formula is C45H43BF8N2O. The zero-order valence-electron chi connectivity index (χ0n) is 32.9. The average molecular weight is 791 g/mol. The smallest absolute Gasteiger partial charge is 0.382 e. The third-order valence-corrected chi connectivity index (χ3v) is 10.3. The predicted octanol–water partition coefficient (Wildman–Crippen LogP) is 13.1. The Labute approximate surface area is 328 Å². The number of allylic oxidation sites excluding steroid dienone is 1. The number of rotatable bonds is 9. The zero-order valence-corrected chi connectivity index (χ0v) is 32.9. The van der Waals surface area contributed by atoms with E-state index in [9.17, 15) is 30.7 Å². The summed E-state index contributed by atoms with van der Waals surface area (Å²) in [6.45, 7) is 13.2. The lowest BCUT2D eigenvalue weighted by Gasteiger charge is -2.28. The van der Waals surface area contributed by atoms with Crippen LogP contribution >= 0.6 is 0 Å². The van der Waals surface area contributed by atoms with E-state index in [2.05, 4.69) is 0 Å². The number of fused-ring (bicyclic) bond motifs is 1. The molecule has 2 heterocycles. The largest absolute Gasteiger partial charge is 0.638 e. The van der Waals surface area contributed by atoms with E-state index in [0.717, 1.165) is 32.3 Å². The Kier molecular flexibility index (Phi) is 10.8. The molecule has 0 amide bonds. The van der Waals surface area contributed by atoms with Crippen LogP contribution in [0.1, 0.15) is 87.5 Å². The van der Waals surface area contributed by atoms with Crippen molar-refractivity contribution in [1.82, 2.24) is 4.48 Å². The lowest BCUT2D eigenvalue weighted by atomic mass is 9.86. The third kappa shape index (κ3) is 7.98. The summed E-state index contributed by atoms with van der Waals surface area (Å²) in [4.78, 5) is 5.05. The third-order valence-electron chi connectivity index (χ3n) is 10.3. The van der Waals surface area contributed by atoms with Crippen LogP contribution < -0.4 is 0 Å². The van der Waals surface area contributed by atoms with E-state index in [1.807, 2.05) is 133 Å². The lowest BCUT2D eigenvalue weighted by molar-refractivity contribution is -0.358. The van der Waals surface area contributed by atoms with Crippen molar-refractivity contribution in [3.63, 3.8) is 0 Å². The predicted molar refractivity (Wildman–Crippen MR) is 213 cm³/mol. The van der Waals surface area contributed by atoms with Gasteiger partial charge in [0.15, 0.2) is 0 Å². The summed E-state index contributed by atoms with van der Waals surface area (Å²) in [6, 6.07) is 31.4. The molecule has 0 N–H and O–H groups in total. The molecule has 5 aromatic rings. The van der Waals surface area contributed by atoms with Crippen LogP contribution in [0.4, 0.5) is 35.0 Å². The molecule has 0 saturated carbocycles. The highest BCUT2D eigenvalue weighted by atomic mass is 19.4. The van der Waals surface area contributed by atoms with Gasteiger partial charge in [-0.3, -0.25) is 4.32 Å². The summed E-state index contributed by atoms with van der Waals surface area (Å²) in [6.07, 6.45) is -6.61. The molecule has 0 bridgehead atoms. The van der Waals surface area contributed by atoms with Crippen LogP contribution in [0.3, 0.4) is 0 Å². The van der Waals surface area contributed by atoms with E-state index in [0.29, 0.717) is 39.2 Å². The monoisotopic (exact) mass is 790 g/mol. The molecule has 0 radical (unpaired) electrons. The second kappa shape index (κ2) is 14.8. The first-order valence-electron chi connectivity index (χ1n) is 18.4. The minimum atomic E-state index is -6.61. The fourth-order valence-electron chi connectivity index (χ4n) is 6.86. The van der Waals surface area contributed by atoms with E-state index in [1.54, 1.807) is 25.1 Å². The van der Waals surface area contributed by atoms with Gasteiger partial charge in [-0.05, 0) is 58.6 Å². The Morgan fingerprint density at radius 3 is 1.65 bits per heavy atom. The van der Waals surface area contributed by atoms with E-state index < -0.39 is 32.0 Å². The number of benzene rings is 4. The minimum absolute atomic E-state index is 0.102. The Balaban J connectivity index is 1.64. The summed E-state index contributed by atoms with van der Waals surface area (Å²) < 4.78 is 119. The van der Waals surface area contributed by atoms with Crippen molar-refractivity contribution < 1.29 is 39.7 Å². The van der Waals surface area contributed by atoms with Gasteiger partial charge in [0.05, 0.1) is 11.4 Å². The van der Waals surface area contributed by atoms with Gasteiger partial charge < -0.3 is 9.13 Å². The molecule has 3 nitrogen and oxygen atoms in total. The fourth-order valence-corrected chi connectivity index (χ4v) is 6.86. The Morgan fingerprint density at radius 1 is 0.649 bits per heavy atom. The first-order valence-corrected chi connectivity index (χ1v) is 18.4. The molecule has 4 aromatic carbocycles. The maximum atomic E-state index is 16.9. The van der Waals surface area contributed by atoms with Crippen molar-refractivity contribution in [2.45, 2.75) is 84.2 Å². The lowest BCUT2D eigenvalue weighted by Crippen LogP contribution is -2.55. The molecule has 1 aromatic heterocycles. The molecular weight excluding hydrogens is 747 g/mol. The number of halogens is 8. The number of nitrogens with zero attached hydrogens (tertiary/aromatic N) is 2. The number of hydrogen-bond donors (Lipinski definition) is 0. The first-order chi connectivity index (χ1) is 26.4. The number of aromatic nitrogens is 1. The molecule has 298 valence electrons. The van der Waals surface area contributed by atoms with Crippen LogP contribution in [0.2, 0.25) is 0 Å². The normalized spacial score (nSPS) is 14.8. The van der Waals surface area contributed by atoms with Gasteiger partial charge in [0.1, 0.15) is 6.61 Å². The van der Waals surface area contributed by atoms with Gasteiger partial charge in [0.25, 0.3) is 0 Å². The SMILES string of the molecule is C/C(=C1/N=C(c2ccc(C)cc2)c2ccccc21)c1c(-c2ccc(C(C)(C)C)cc2)cc(-c2ccc(C(C)(C)C)cc2)n1B(F)OCC(F)(F)C(F)(F)C(F)(F)F. The maximum Gasteiger partial charge on any atom is 0.638 e. The molecule has 0 unspecified atom stereocenters. The topological polar surface area (TPSA) is 26.5 Å². The van der Waals surface area contributed by atoms with Gasteiger partial charge >= 0.3 is 25.3 Å². The van der Waals surface area contributed by atoms with E-state index >= 15 is 4.32 Å². The average Bonchev–Trinajstić information content (AvgIpc) is 3.73. The van der Waals surface area contributed by atoms with Gasteiger partial charge in [-0.2, -0.15) is 30.7 Å². The van der Waals surface area contributed by atoms with Crippen LogP contribution in [0.15, 0.2) is 108 Å². The molecule has 12 heteroatoms. The van der Waals surface area contributed by atoms with Gasteiger partial charge in [-0.15, -0.1) is 0 Å². The van der Waals surface area contributed by atoms with E-state index in [1.165, 1.54) is 0 Å². The number of aliphatic imine (C=N–C) groups is 1. The minimum Gasteiger partial charge on any atom is -0.382 e. The molecule has 0 saturated heterocycles. The van der Waals surface area contributed by atoms with Crippen molar-refractivity contribution in [3.05, 3.63) is 142 Å². The van der Waals surface area contributed by atoms with Crippen molar-refractivity contribution in [2.75, 3.05) is 6.61 Å². The standard InChI is InChI=1S/C45H43BF8N2O/c1-27-13-15-31(16-14-27)39-35-12-10-9-11-34(35)38(55-39)28(2)40-36(29-17-21-32(22-18-29)41(3,4)5)25-37(30-19-23-33(24-20-30)42(6,7)8)56(40)46(54)57-26-43(47,48)44(49,50)45(51,52)53/h9-25H,26H2,1-8H3/b38-28-. The summed E-state index contributed by atoms with van der Waals surface area (Å²) in [5.41, 5.74) is 7.82. The molecule has 0 atom stereocenters. The second-order valence-electron chi connectivity index (χ2n) is 16.5. The summed E-state index contributed by atoms with van der Waals surface area (Å²) in [5.74, 6) is -12.3. The van der Waals surface area contributed by atoms with Crippen molar-refractivity contribution in [3.8, 4) is 22.4 Å². The molecule has 1 aliphatic heterocycles. The summed E-state index contributed by atoms with van der Waals surface area (Å²) in [7, 11) is -2.96. The Hall–Kier alpha value is -4.97. The Morgan fingerprint density at radius 2 is 1.14 bits per heavy atom. The van der Waals surface area contributed by atoms with Crippen LogP contribution in [0, 0.1) is 6.92 Å². The second-order valence-corrected chi connectivity index (χ2v) is 16.5. The van der Waals surface area contributed by atoms with Crippen molar-refractivity contribution in [1.29, 1.82) is 0 Å². The van der Waals surface area contributed by atoms with E-state index in [-0.39, 0.29) is 22.2 Å². The maximum absolute atomic E-state index is 16.9. The highest BCUT2D eigenvalue weighted by molar-refractivity contribution is 6.43. The van der Waals surface area contributed by atoms with Crippen LogP contribution in [0.25, 0.3) is 33.7 Å². The fraction of sp³-hybridized carbons (Fsp3) is 0.311. The van der Waals surface area contributed by atoms with Gasteiger partial charge in [-0.1, -0.05) is 144 Å². The zero-order chi connectivity index (χ0) is 41.9. The van der Waals surface area contributed by atoms with E-state index in [4.69, 9.17) is 9.65 Å². The highest BCUT2D eigenvalue weighted by Gasteiger charge is 2.73. The van der Waals surface area contributed by atoms with Crippen LogP contribution in [-0.4, -0.2) is 42.1 Å². The molecule has 0 aliphatic carbocycles. The van der Waals surface area contributed by atoms with Crippen molar-refractivity contribution >= 4 is 24.3 Å². The van der Waals surface area contributed by atoms with Crippen LogP contribution in [-0.2, 0) is 15.5 Å². The highest BCUT2D eigenvalue weighted by Crippen LogP contribution is 2.48. The van der Waals surface area contributed by atoms with Gasteiger partial charge in [0, 0.05) is 33.6 Å². The first kappa shape index (κ1) is 41.7. The van der Waals surface area contributed by atoms with Gasteiger partial charge in [0.2, 0.25) is 0 Å².